The molecule has 1 fully saturated rings. The van der Waals surface area contributed by atoms with Crippen LogP contribution < -0.4 is 5.32 Å². The maximum atomic E-state index is 12.4. The molecule has 1 aliphatic rings. The molecule has 1 amide bonds. The Morgan fingerprint density at radius 1 is 1.03 bits per heavy atom. The fourth-order valence-corrected chi connectivity index (χ4v) is 4.70. The fourth-order valence-electron chi connectivity index (χ4n) is 3.79. The molecule has 8 heteroatoms. The van der Waals surface area contributed by atoms with Gasteiger partial charge < -0.3 is 5.32 Å². The van der Waals surface area contributed by atoms with E-state index >= 15 is 0 Å². The van der Waals surface area contributed by atoms with Crippen LogP contribution in [0.15, 0.2) is 59.8 Å². The van der Waals surface area contributed by atoms with Crippen molar-refractivity contribution in [1.82, 2.24) is 19.7 Å². The van der Waals surface area contributed by atoms with Crippen LogP contribution in [0.3, 0.4) is 0 Å². The lowest BCUT2D eigenvalue weighted by Gasteiger charge is -2.26. The number of hydrogen-bond donors (Lipinski definition) is 1. The van der Waals surface area contributed by atoms with Crippen LogP contribution in [-0.2, 0) is 11.3 Å². The van der Waals surface area contributed by atoms with Gasteiger partial charge in [0.15, 0.2) is 11.0 Å². The van der Waals surface area contributed by atoms with E-state index in [1.165, 1.54) is 31.0 Å². The topological polar surface area (TPSA) is 86.8 Å². The van der Waals surface area contributed by atoms with Gasteiger partial charge in [0.25, 0.3) is 0 Å². The molecule has 2 aromatic carbocycles. The van der Waals surface area contributed by atoms with Crippen molar-refractivity contribution >= 4 is 23.4 Å². The highest BCUT2D eigenvalue weighted by Gasteiger charge is 2.19. The molecule has 0 bridgehead atoms. The Bertz CT molecular complexity index is 1090. The van der Waals surface area contributed by atoms with Crippen LogP contribution >= 0.6 is 11.8 Å². The summed E-state index contributed by atoms with van der Waals surface area (Å²) in [5.41, 5.74) is 2.03. The number of nitrogens with one attached hydrogen (secondary N) is 1. The Morgan fingerprint density at radius 2 is 1.78 bits per heavy atom. The first kappa shape index (κ1) is 22.1. The zero-order valence-corrected chi connectivity index (χ0v) is 18.7. The second-order valence-corrected chi connectivity index (χ2v) is 8.77. The van der Waals surface area contributed by atoms with Crippen molar-refractivity contribution in [3.63, 3.8) is 0 Å². The number of carbonyl (C=O) groups is 1. The van der Waals surface area contributed by atoms with Gasteiger partial charge in [0.1, 0.15) is 6.07 Å². The summed E-state index contributed by atoms with van der Waals surface area (Å²) in [7, 11) is 0. The largest absolute Gasteiger partial charge is 0.325 e. The van der Waals surface area contributed by atoms with E-state index in [2.05, 4.69) is 43.2 Å². The van der Waals surface area contributed by atoms with Crippen molar-refractivity contribution in [2.75, 3.05) is 24.2 Å². The van der Waals surface area contributed by atoms with E-state index < -0.39 is 0 Å². The number of rotatable bonds is 8. The predicted octanol–water partition coefficient (Wildman–Crippen LogP) is 4.25. The third-order valence-corrected chi connectivity index (χ3v) is 6.34. The molecule has 1 aromatic heterocycles. The lowest BCUT2D eigenvalue weighted by atomic mass is 10.1. The number of piperidine rings is 1. The van der Waals surface area contributed by atoms with Gasteiger partial charge in [-0.3, -0.25) is 14.3 Å². The average Bonchev–Trinajstić information content (AvgIpc) is 3.22. The van der Waals surface area contributed by atoms with Gasteiger partial charge in [-0.15, -0.1) is 10.2 Å². The second-order valence-electron chi connectivity index (χ2n) is 7.71. The first-order valence-corrected chi connectivity index (χ1v) is 11.9. The van der Waals surface area contributed by atoms with E-state index in [0.717, 1.165) is 36.3 Å². The molecular formula is C24H26N6OS. The highest BCUT2D eigenvalue weighted by molar-refractivity contribution is 7.99. The number of thioether (sulfide) groups is 1. The summed E-state index contributed by atoms with van der Waals surface area (Å²) in [5.74, 6) is 1.36. The lowest BCUT2D eigenvalue weighted by molar-refractivity contribution is -0.115. The van der Waals surface area contributed by atoms with Crippen molar-refractivity contribution in [1.29, 1.82) is 5.26 Å². The summed E-state index contributed by atoms with van der Waals surface area (Å²) in [6.45, 7) is 2.96. The van der Waals surface area contributed by atoms with E-state index in [-0.39, 0.29) is 5.91 Å². The third kappa shape index (κ3) is 5.55. The Balaban J connectivity index is 1.42. The van der Waals surface area contributed by atoms with Crippen molar-refractivity contribution in [2.45, 2.75) is 37.4 Å². The van der Waals surface area contributed by atoms with Crippen molar-refractivity contribution < 1.29 is 4.79 Å². The van der Waals surface area contributed by atoms with Crippen LogP contribution in [0.1, 0.15) is 37.1 Å². The minimum atomic E-state index is -0.125. The van der Waals surface area contributed by atoms with E-state index in [9.17, 15) is 10.1 Å². The molecule has 0 aliphatic carbocycles. The molecule has 0 spiro atoms. The molecule has 1 saturated heterocycles. The van der Waals surface area contributed by atoms with Gasteiger partial charge >= 0.3 is 0 Å². The zero-order valence-electron chi connectivity index (χ0n) is 17.9. The third-order valence-electron chi connectivity index (χ3n) is 5.41. The normalized spacial score (nSPS) is 14.1. The lowest BCUT2D eigenvalue weighted by Crippen LogP contribution is -2.30. The molecule has 164 valence electrons. The van der Waals surface area contributed by atoms with Gasteiger partial charge in [0.05, 0.1) is 17.8 Å². The number of benzene rings is 2. The Labute approximate surface area is 192 Å². The minimum Gasteiger partial charge on any atom is -0.325 e. The van der Waals surface area contributed by atoms with Gasteiger partial charge in [-0.2, -0.15) is 5.26 Å². The number of hydrogen-bond acceptors (Lipinski definition) is 6. The van der Waals surface area contributed by atoms with E-state index in [0.29, 0.717) is 23.4 Å². The van der Waals surface area contributed by atoms with Crippen LogP contribution in [0, 0.1) is 11.3 Å². The number of likely N-dealkylation sites (tertiary alicyclic amines) is 1. The van der Waals surface area contributed by atoms with Gasteiger partial charge in [-0.1, -0.05) is 48.5 Å². The van der Waals surface area contributed by atoms with Gasteiger partial charge in [-0.25, -0.2) is 0 Å². The zero-order chi connectivity index (χ0) is 22.2. The molecular weight excluding hydrogens is 420 g/mol. The number of amides is 1. The number of anilines is 1. The molecule has 1 N–H and O–H groups in total. The predicted molar refractivity (Wildman–Crippen MR) is 126 cm³/mol. The van der Waals surface area contributed by atoms with Gasteiger partial charge in [0.2, 0.25) is 5.91 Å². The standard InChI is InChI=1S/C24H26N6OS/c25-17-19-9-5-6-12-21(19)26-23(31)13-16-32-24-28-27-22(18-29-14-7-2-8-15-29)30(24)20-10-3-1-4-11-20/h1,3-6,9-12H,2,7-8,13-16,18H2,(H,26,31). The Morgan fingerprint density at radius 3 is 2.56 bits per heavy atom. The molecule has 3 aromatic rings. The summed E-state index contributed by atoms with van der Waals surface area (Å²) in [6, 6.07) is 19.2. The quantitative estimate of drug-likeness (QED) is 0.521. The highest BCUT2D eigenvalue weighted by Crippen LogP contribution is 2.24. The first-order chi connectivity index (χ1) is 15.7. The molecule has 0 saturated carbocycles. The molecule has 32 heavy (non-hydrogen) atoms. The molecule has 4 rings (SSSR count). The molecule has 0 unspecified atom stereocenters. The summed E-state index contributed by atoms with van der Waals surface area (Å²) in [5, 5.41) is 21.7. The molecule has 0 atom stereocenters. The van der Waals surface area contributed by atoms with Crippen molar-refractivity contribution in [2.24, 2.45) is 0 Å². The average molecular weight is 447 g/mol. The number of nitrogens with zero attached hydrogens (tertiary/aromatic N) is 5. The molecule has 1 aliphatic heterocycles. The van der Waals surface area contributed by atoms with E-state index in [4.69, 9.17) is 0 Å². The number of nitriles is 1. The smallest absolute Gasteiger partial charge is 0.225 e. The molecule has 0 radical (unpaired) electrons. The number of carbonyl (C=O) groups excluding carboxylic acids is 1. The molecule has 2 heterocycles. The number of para-hydroxylation sites is 2. The summed E-state index contributed by atoms with van der Waals surface area (Å²) < 4.78 is 2.10. The highest BCUT2D eigenvalue weighted by atomic mass is 32.2. The van der Waals surface area contributed by atoms with Crippen LogP contribution in [0.4, 0.5) is 5.69 Å². The monoisotopic (exact) mass is 446 g/mol. The Hall–Kier alpha value is -3.15. The SMILES string of the molecule is N#Cc1ccccc1NC(=O)CCSc1nnc(CN2CCCCC2)n1-c1ccccc1. The van der Waals surface area contributed by atoms with Gasteiger partial charge in [0, 0.05) is 17.9 Å². The van der Waals surface area contributed by atoms with Crippen LogP contribution in [0.25, 0.3) is 5.69 Å². The maximum absolute atomic E-state index is 12.4. The van der Waals surface area contributed by atoms with Crippen molar-refractivity contribution in [3.05, 3.63) is 66.0 Å². The fraction of sp³-hybridized carbons (Fsp3) is 0.333. The first-order valence-electron chi connectivity index (χ1n) is 10.9. The van der Waals surface area contributed by atoms with E-state index in [1.54, 1.807) is 24.3 Å². The van der Waals surface area contributed by atoms with Crippen LogP contribution in [0.5, 0.6) is 0 Å². The summed E-state index contributed by atoms with van der Waals surface area (Å²) in [4.78, 5) is 14.8. The van der Waals surface area contributed by atoms with E-state index in [1.807, 2.05) is 18.2 Å². The second kappa shape index (κ2) is 10.9. The Kier molecular flexibility index (Phi) is 7.54. The molecule has 7 nitrogen and oxygen atoms in total. The minimum absolute atomic E-state index is 0.125. The van der Waals surface area contributed by atoms with Gasteiger partial charge in [-0.05, 0) is 50.2 Å². The van der Waals surface area contributed by atoms with Crippen LogP contribution in [-0.4, -0.2) is 44.4 Å². The summed E-state index contributed by atoms with van der Waals surface area (Å²) in [6.07, 6.45) is 4.06. The number of aromatic nitrogens is 3. The van der Waals surface area contributed by atoms with Crippen molar-refractivity contribution in [3.8, 4) is 11.8 Å². The van der Waals surface area contributed by atoms with Crippen LogP contribution in [0.2, 0.25) is 0 Å². The summed E-state index contributed by atoms with van der Waals surface area (Å²) >= 11 is 1.52. The maximum Gasteiger partial charge on any atom is 0.225 e.